The van der Waals surface area contributed by atoms with Crippen LogP contribution < -0.4 is 9.47 Å². The highest BCUT2D eigenvalue weighted by Crippen LogP contribution is 2.38. The molecule has 0 heterocycles. The van der Waals surface area contributed by atoms with E-state index in [-0.39, 0.29) is 6.61 Å². The molecule has 0 saturated heterocycles. The fourth-order valence-corrected chi connectivity index (χ4v) is 3.45. The van der Waals surface area contributed by atoms with Crippen molar-refractivity contribution in [3.05, 3.63) is 93.2 Å². The van der Waals surface area contributed by atoms with E-state index < -0.39 is 5.82 Å². The fraction of sp³-hybridized carbons (Fsp3) is 0.0833. The van der Waals surface area contributed by atoms with E-state index in [0.717, 1.165) is 5.56 Å². The second-order valence-corrected chi connectivity index (χ2v) is 7.13. The Morgan fingerprint density at radius 3 is 2.60 bits per heavy atom. The molecule has 3 rings (SSSR count). The first-order valence-corrected chi connectivity index (χ1v) is 9.71. The van der Waals surface area contributed by atoms with Crippen LogP contribution in [-0.2, 0) is 6.61 Å². The average molecular weight is 463 g/mol. The van der Waals surface area contributed by atoms with Crippen LogP contribution in [0.5, 0.6) is 11.5 Å². The lowest BCUT2D eigenvalue weighted by Gasteiger charge is -2.14. The number of nitrogens with zero attached hydrogens (tertiary/aromatic N) is 2. The van der Waals surface area contributed by atoms with Crippen molar-refractivity contribution in [3.63, 3.8) is 0 Å². The van der Waals surface area contributed by atoms with Crippen LogP contribution in [0.3, 0.4) is 0 Å². The summed E-state index contributed by atoms with van der Waals surface area (Å²) in [6.45, 7) is 0.195. The van der Waals surface area contributed by atoms with Crippen molar-refractivity contribution in [2.75, 3.05) is 7.11 Å². The Morgan fingerprint density at radius 1 is 1.10 bits per heavy atom. The van der Waals surface area contributed by atoms with Crippen molar-refractivity contribution in [2.24, 2.45) is 0 Å². The van der Waals surface area contributed by atoms with Crippen molar-refractivity contribution >= 4 is 27.6 Å². The van der Waals surface area contributed by atoms with Crippen LogP contribution in [0.25, 0.3) is 11.6 Å². The van der Waals surface area contributed by atoms with Gasteiger partial charge >= 0.3 is 0 Å². The molecule has 0 aliphatic carbocycles. The van der Waals surface area contributed by atoms with E-state index in [9.17, 15) is 14.9 Å². The molecule has 3 aromatic rings. The molecule has 0 radical (unpaired) electrons. The molecule has 0 N–H and O–H groups in total. The van der Waals surface area contributed by atoms with Crippen molar-refractivity contribution in [3.8, 4) is 23.6 Å². The zero-order valence-electron chi connectivity index (χ0n) is 16.0. The summed E-state index contributed by atoms with van der Waals surface area (Å²) in [5.41, 5.74) is 2.79. The lowest BCUT2D eigenvalue weighted by Crippen LogP contribution is -2.01. The van der Waals surface area contributed by atoms with Gasteiger partial charge in [0.1, 0.15) is 12.4 Å². The van der Waals surface area contributed by atoms with E-state index in [2.05, 4.69) is 28.1 Å². The summed E-state index contributed by atoms with van der Waals surface area (Å²) in [7, 11) is 1.52. The van der Waals surface area contributed by atoms with Crippen LogP contribution >= 0.6 is 15.9 Å². The SMILES string of the molecule is COc1cc(/C=C(/C#N)c2cccc(F)c2)cc(Br)c1OCc1ccccc1C#N. The van der Waals surface area contributed by atoms with E-state index >= 15 is 0 Å². The third-order valence-electron chi connectivity index (χ3n) is 4.33. The van der Waals surface area contributed by atoms with Gasteiger partial charge in [0.05, 0.1) is 34.9 Å². The Hall–Kier alpha value is -3.61. The highest BCUT2D eigenvalue weighted by Gasteiger charge is 2.13. The molecule has 0 aromatic heterocycles. The molecule has 3 aromatic carbocycles. The van der Waals surface area contributed by atoms with Gasteiger partial charge in [0.15, 0.2) is 11.5 Å². The van der Waals surface area contributed by atoms with Gasteiger partial charge < -0.3 is 9.47 Å². The fourth-order valence-electron chi connectivity index (χ4n) is 2.87. The van der Waals surface area contributed by atoms with Crippen LogP contribution in [0, 0.1) is 28.5 Å². The van der Waals surface area contributed by atoms with Crippen LogP contribution in [0.15, 0.2) is 65.1 Å². The molecule has 0 spiro atoms. The molecule has 0 unspecified atom stereocenters. The molecular formula is C24H16BrFN2O2. The zero-order valence-corrected chi connectivity index (χ0v) is 17.6. The van der Waals surface area contributed by atoms with Gasteiger partial charge in [0.25, 0.3) is 0 Å². The van der Waals surface area contributed by atoms with E-state index in [1.165, 1.54) is 19.2 Å². The molecule has 30 heavy (non-hydrogen) atoms. The van der Waals surface area contributed by atoms with Gasteiger partial charge in [-0.25, -0.2) is 4.39 Å². The van der Waals surface area contributed by atoms with E-state index in [1.54, 1.807) is 42.5 Å². The van der Waals surface area contributed by atoms with E-state index in [4.69, 9.17) is 9.47 Å². The summed E-state index contributed by atoms with van der Waals surface area (Å²) < 4.78 is 25.5. The van der Waals surface area contributed by atoms with Gasteiger partial charge in [-0.05, 0) is 63.5 Å². The smallest absolute Gasteiger partial charge is 0.175 e. The molecule has 4 nitrogen and oxygen atoms in total. The Morgan fingerprint density at radius 2 is 1.90 bits per heavy atom. The number of hydrogen-bond acceptors (Lipinski definition) is 4. The molecule has 148 valence electrons. The summed E-state index contributed by atoms with van der Waals surface area (Å²) in [4.78, 5) is 0. The topological polar surface area (TPSA) is 66.0 Å². The Kier molecular flexibility index (Phi) is 6.85. The molecule has 6 heteroatoms. The highest BCUT2D eigenvalue weighted by molar-refractivity contribution is 9.10. The standard InChI is InChI=1S/C24H16BrFN2O2/c1-29-23-11-16(9-20(14-28)17-7-4-8-21(26)12-17)10-22(25)24(23)30-15-19-6-3-2-5-18(19)13-27/h2-12H,15H2,1H3/b20-9-. The number of nitriles is 2. The number of halogens is 2. The summed E-state index contributed by atoms with van der Waals surface area (Å²) >= 11 is 3.49. The maximum Gasteiger partial charge on any atom is 0.175 e. The van der Waals surface area contributed by atoms with Gasteiger partial charge in [0, 0.05) is 5.56 Å². The first-order chi connectivity index (χ1) is 14.5. The van der Waals surface area contributed by atoms with E-state index in [1.807, 2.05) is 12.1 Å². The third-order valence-corrected chi connectivity index (χ3v) is 4.92. The summed E-state index contributed by atoms with van der Waals surface area (Å²) in [6.07, 6.45) is 1.65. The molecule has 0 fully saturated rings. The molecule has 0 bridgehead atoms. The quantitative estimate of drug-likeness (QED) is 0.327. The largest absolute Gasteiger partial charge is 0.493 e. The molecule has 0 saturated carbocycles. The van der Waals surface area contributed by atoms with Gasteiger partial charge in [-0.2, -0.15) is 10.5 Å². The minimum Gasteiger partial charge on any atom is -0.493 e. The monoisotopic (exact) mass is 462 g/mol. The molecule has 0 atom stereocenters. The van der Waals surface area contributed by atoms with Gasteiger partial charge in [0.2, 0.25) is 0 Å². The van der Waals surface area contributed by atoms with Crippen molar-refractivity contribution < 1.29 is 13.9 Å². The Bertz CT molecular complexity index is 1190. The predicted octanol–water partition coefficient (Wildman–Crippen LogP) is 6.11. The summed E-state index contributed by atoms with van der Waals surface area (Å²) in [6, 6.07) is 20.8. The Labute approximate surface area is 182 Å². The molecule has 0 aliphatic heterocycles. The highest BCUT2D eigenvalue weighted by atomic mass is 79.9. The number of benzene rings is 3. The van der Waals surface area contributed by atoms with Crippen LogP contribution in [0.1, 0.15) is 22.3 Å². The van der Waals surface area contributed by atoms with Crippen molar-refractivity contribution in [2.45, 2.75) is 6.61 Å². The van der Waals surface area contributed by atoms with Crippen LogP contribution in [-0.4, -0.2) is 7.11 Å². The van der Waals surface area contributed by atoms with Crippen LogP contribution in [0.4, 0.5) is 4.39 Å². The van der Waals surface area contributed by atoms with Crippen molar-refractivity contribution in [1.29, 1.82) is 10.5 Å². The van der Waals surface area contributed by atoms with Gasteiger partial charge in [-0.15, -0.1) is 0 Å². The lowest BCUT2D eigenvalue weighted by molar-refractivity contribution is 0.282. The molecule has 0 amide bonds. The second kappa shape index (κ2) is 9.73. The summed E-state index contributed by atoms with van der Waals surface area (Å²) in [5, 5.41) is 18.7. The van der Waals surface area contributed by atoms with Gasteiger partial charge in [-0.1, -0.05) is 30.3 Å². The van der Waals surface area contributed by atoms with Crippen molar-refractivity contribution in [1.82, 2.24) is 0 Å². The number of methoxy groups -OCH3 is 1. The number of rotatable bonds is 6. The second-order valence-electron chi connectivity index (χ2n) is 6.27. The Balaban J connectivity index is 1.92. The van der Waals surface area contributed by atoms with Crippen LogP contribution in [0.2, 0.25) is 0 Å². The first-order valence-electron chi connectivity index (χ1n) is 8.91. The number of ether oxygens (including phenoxy) is 2. The average Bonchev–Trinajstić information content (AvgIpc) is 2.76. The zero-order chi connectivity index (χ0) is 21.5. The first kappa shape index (κ1) is 21.1. The van der Waals surface area contributed by atoms with E-state index in [0.29, 0.717) is 38.2 Å². The molecular weight excluding hydrogens is 447 g/mol. The predicted molar refractivity (Wildman–Crippen MR) is 116 cm³/mol. The number of allylic oxidation sites excluding steroid dienone is 1. The van der Waals surface area contributed by atoms with Gasteiger partial charge in [-0.3, -0.25) is 0 Å². The molecule has 0 aliphatic rings. The maximum atomic E-state index is 13.5. The number of hydrogen-bond donors (Lipinski definition) is 0. The minimum absolute atomic E-state index is 0.195. The normalized spacial score (nSPS) is 10.8. The minimum atomic E-state index is -0.409. The summed E-state index contributed by atoms with van der Waals surface area (Å²) in [5.74, 6) is 0.530. The maximum absolute atomic E-state index is 13.5. The lowest BCUT2D eigenvalue weighted by atomic mass is 10.0. The third kappa shape index (κ3) is 4.86.